The van der Waals surface area contributed by atoms with Gasteiger partial charge in [-0.1, -0.05) is 25.5 Å². The van der Waals surface area contributed by atoms with Gasteiger partial charge in [-0.15, -0.1) is 5.10 Å². The molecule has 1 aromatic rings. The highest BCUT2D eigenvalue weighted by Crippen LogP contribution is 2.36. The first-order valence-corrected chi connectivity index (χ1v) is 7.18. The van der Waals surface area contributed by atoms with Crippen LogP contribution in [0.1, 0.15) is 68.7 Å². The molecule has 1 atom stereocenters. The van der Waals surface area contributed by atoms with Crippen molar-refractivity contribution in [3.05, 3.63) is 11.4 Å². The second-order valence-corrected chi connectivity index (χ2v) is 6.00. The van der Waals surface area contributed by atoms with Crippen LogP contribution in [-0.4, -0.2) is 26.1 Å². The van der Waals surface area contributed by atoms with E-state index in [0.717, 1.165) is 18.5 Å². The van der Waals surface area contributed by atoms with E-state index in [1.165, 1.54) is 19.3 Å². The summed E-state index contributed by atoms with van der Waals surface area (Å²) in [6.07, 6.45) is 5.41. The van der Waals surface area contributed by atoms with Crippen molar-refractivity contribution in [3.63, 3.8) is 0 Å². The summed E-state index contributed by atoms with van der Waals surface area (Å²) in [7, 11) is 0. The second kappa shape index (κ2) is 5.72. The van der Waals surface area contributed by atoms with E-state index in [9.17, 15) is 9.90 Å². The van der Waals surface area contributed by atoms with Crippen LogP contribution in [0.5, 0.6) is 0 Å². The first-order valence-electron chi connectivity index (χ1n) is 7.18. The van der Waals surface area contributed by atoms with E-state index < -0.39 is 5.97 Å². The van der Waals surface area contributed by atoms with Gasteiger partial charge in [0, 0.05) is 0 Å². The zero-order chi connectivity index (χ0) is 14.0. The van der Waals surface area contributed by atoms with Gasteiger partial charge in [0.05, 0.1) is 11.7 Å². The summed E-state index contributed by atoms with van der Waals surface area (Å²) in [6, 6.07) is 0.261. The highest BCUT2D eigenvalue weighted by molar-refractivity contribution is 5.86. The molecule has 5 heteroatoms. The van der Waals surface area contributed by atoms with E-state index in [1.54, 1.807) is 0 Å². The lowest BCUT2D eigenvalue weighted by atomic mass is 9.80. The van der Waals surface area contributed by atoms with Gasteiger partial charge in [-0.2, -0.15) is 0 Å². The number of aromatic carboxylic acids is 1. The van der Waals surface area contributed by atoms with Gasteiger partial charge >= 0.3 is 5.97 Å². The van der Waals surface area contributed by atoms with Crippen molar-refractivity contribution < 1.29 is 9.90 Å². The highest BCUT2D eigenvalue weighted by atomic mass is 16.4. The Morgan fingerprint density at radius 2 is 2.11 bits per heavy atom. The van der Waals surface area contributed by atoms with Gasteiger partial charge in [-0.25, -0.2) is 9.48 Å². The van der Waals surface area contributed by atoms with Crippen molar-refractivity contribution >= 4 is 5.97 Å². The third-order valence-corrected chi connectivity index (χ3v) is 4.17. The molecule has 1 aromatic heterocycles. The molecule has 1 heterocycles. The summed E-state index contributed by atoms with van der Waals surface area (Å²) < 4.78 is 1.86. The van der Waals surface area contributed by atoms with Crippen molar-refractivity contribution in [3.8, 4) is 0 Å². The van der Waals surface area contributed by atoms with Gasteiger partial charge in [0.2, 0.25) is 0 Å². The zero-order valence-corrected chi connectivity index (χ0v) is 12.0. The largest absolute Gasteiger partial charge is 0.476 e. The van der Waals surface area contributed by atoms with Crippen molar-refractivity contribution in [1.29, 1.82) is 0 Å². The topological polar surface area (TPSA) is 68.0 Å². The Bertz CT molecular complexity index is 450. The summed E-state index contributed by atoms with van der Waals surface area (Å²) in [5.74, 6) is 0.205. The van der Waals surface area contributed by atoms with Gasteiger partial charge < -0.3 is 5.11 Å². The molecule has 1 aliphatic rings. The molecular formula is C14H23N3O2. The molecule has 1 unspecified atom stereocenters. The van der Waals surface area contributed by atoms with Crippen molar-refractivity contribution in [2.24, 2.45) is 11.8 Å². The lowest BCUT2D eigenvalue weighted by molar-refractivity contribution is 0.0688. The van der Waals surface area contributed by atoms with Crippen LogP contribution in [0, 0.1) is 11.8 Å². The molecule has 1 fully saturated rings. The van der Waals surface area contributed by atoms with Crippen LogP contribution in [0.2, 0.25) is 0 Å². The molecule has 0 amide bonds. The van der Waals surface area contributed by atoms with Crippen LogP contribution in [0.3, 0.4) is 0 Å². The van der Waals surface area contributed by atoms with E-state index >= 15 is 0 Å². The van der Waals surface area contributed by atoms with E-state index in [0.29, 0.717) is 11.8 Å². The van der Waals surface area contributed by atoms with E-state index in [2.05, 4.69) is 31.1 Å². The van der Waals surface area contributed by atoms with Gasteiger partial charge in [0.1, 0.15) is 0 Å². The molecule has 19 heavy (non-hydrogen) atoms. The standard InChI is InChI=1S/C14H23N3O2/c1-9(2)7-8-12-13(14(18)19)15-16-17(12)10(3)11-5-4-6-11/h9-11H,4-8H2,1-3H3,(H,18,19). The summed E-state index contributed by atoms with van der Waals surface area (Å²) in [5, 5.41) is 17.2. The number of nitrogens with zero attached hydrogens (tertiary/aromatic N) is 3. The summed E-state index contributed by atoms with van der Waals surface area (Å²) >= 11 is 0. The first kappa shape index (κ1) is 14.0. The molecule has 1 saturated carbocycles. The normalized spacial score (nSPS) is 17.5. The molecule has 1 N–H and O–H groups in total. The Hall–Kier alpha value is -1.39. The fraction of sp³-hybridized carbons (Fsp3) is 0.786. The maximum Gasteiger partial charge on any atom is 0.358 e. The Morgan fingerprint density at radius 3 is 2.58 bits per heavy atom. The van der Waals surface area contributed by atoms with Crippen molar-refractivity contribution in [1.82, 2.24) is 15.0 Å². The van der Waals surface area contributed by atoms with Crippen LogP contribution >= 0.6 is 0 Å². The monoisotopic (exact) mass is 265 g/mol. The number of carboxylic acids is 1. The molecular weight excluding hydrogens is 242 g/mol. The maximum absolute atomic E-state index is 11.2. The molecule has 0 saturated heterocycles. The van der Waals surface area contributed by atoms with Crippen molar-refractivity contribution in [2.45, 2.75) is 58.9 Å². The fourth-order valence-electron chi connectivity index (χ4n) is 2.59. The molecule has 0 aliphatic heterocycles. The van der Waals surface area contributed by atoms with Crippen LogP contribution in [-0.2, 0) is 6.42 Å². The molecule has 1 aliphatic carbocycles. The third kappa shape index (κ3) is 2.96. The molecule has 0 bridgehead atoms. The third-order valence-electron chi connectivity index (χ3n) is 4.17. The van der Waals surface area contributed by atoms with Gasteiger partial charge in [-0.3, -0.25) is 0 Å². The Kier molecular flexibility index (Phi) is 4.22. The maximum atomic E-state index is 11.2. The minimum absolute atomic E-state index is 0.131. The minimum Gasteiger partial charge on any atom is -0.476 e. The Morgan fingerprint density at radius 1 is 1.42 bits per heavy atom. The van der Waals surface area contributed by atoms with Crippen LogP contribution in [0.4, 0.5) is 0 Å². The van der Waals surface area contributed by atoms with Gasteiger partial charge in [0.25, 0.3) is 0 Å². The molecule has 2 rings (SSSR count). The quantitative estimate of drug-likeness (QED) is 0.858. The summed E-state index contributed by atoms with van der Waals surface area (Å²) in [5.41, 5.74) is 0.924. The number of carboxylic acid groups (broad SMARTS) is 1. The molecule has 106 valence electrons. The molecule has 0 radical (unpaired) electrons. The number of rotatable bonds is 6. The number of hydrogen-bond donors (Lipinski definition) is 1. The molecule has 0 aromatic carbocycles. The second-order valence-electron chi connectivity index (χ2n) is 6.00. The van der Waals surface area contributed by atoms with Gasteiger partial charge in [-0.05, 0) is 44.4 Å². The minimum atomic E-state index is -0.967. The van der Waals surface area contributed by atoms with E-state index in [-0.39, 0.29) is 11.7 Å². The van der Waals surface area contributed by atoms with E-state index in [1.807, 2.05) is 4.68 Å². The fourth-order valence-corrected chi connectivity index (χ4v) is 2.59. The first-order chi connectivity index (χ1) is 9.00. The van der Waals surface area contributed by atoms with Gasteiger partial charge in [0.15, 0.2) is 5.69 Å². The van der Waals surface area contributed by atoms with Crippen LogP contribution in [0.15, 0.2) is 0 Å². The number of carbonyl (C=O) groups is 1. The lowest BCUT2D eigenvalue weighted by Gasteiger charge is -2.32. The number of aromatic nitrogens is 3. The predicted molar refractivity (Wildman–Crippen MR) is 72.2 cm³/mol. The number of hydrogen-bond acceptors (Lipinski definition) is 3. The lowest BCUT2D eigenvalue weighted by Crippen LogP contribution is -2.25. The summed E-state index contributed by atoms with van der Waals surface area (Å²) in [6.45, 7) is 6.41. The molecule has 5 nitrogen and oxygen atoms in total. The average Bonchev–Trinajstić information content (AvgIpc) is 2.67. The highest BCUT2D eigenvalue weighted by Gasteiger charge is 2.29. The SMILES string of the molecule is CC(C)CCc1c(C(=O)O)nnn1C(C)C1CCC1. The van der Waals surface area contributed by atoms with E-state index in [4.69, 9.17) is 0 Å². The average molecular weight is 265 g/mol. The summed E-state index contributed by atoms with van der Waals surface area (Å²) in [4.78, 5) is 11.2. The van der Waals surface area contributed by atoms with Crippen LogP contribution in [0.25, 0.3) is 0 Å². The zero-order valence-electron chi connectivity index (χ0n) is 12.0. The Balaban J connectivity index is 2.23. The molecule has 0 spiro atoms. The smallest absolute Gasteiger partial charge is 0.358 e. The van der Waals surface area contributed by atoms with Crippen LogP contribution < -0.4 is 0 Å². The Labute approximate surface area is 114 Å². The van der Waals surface area contributed by atoms with Crippen molar-refractivity contribution in [2.75, 3.05) is 0 Å². The predicted octanol–water partition coefficient (Wildman–Crippen LogP) is 2.93.